The highest BCUT2D eigenvalue weighted by Crippen LogP contribution is 2.35. The fourth-order valence-corrected chi connectivity index (χ4v) is 5.40. The number of hydrogen-bond acceptors (Lipinski definition) is 16. The van der Waals surface area contributed by atoms with Gasteiger partial charge < -0.3 is 30.1 Å². The van der Waals surface area contributed by atoms with Crippen molar-refractivity contribution in [1.29, 1.82) is 0 Å². The molecule has 286 valence electrons. The van der Waals surface area contributed by atoms with E-state index in [4.69, 9.17) is 31.1 Å². The van der Waals surface area contributed by atoms with Gasteiger partial charge in [-0.1, -0.05) is 26.7 Å². The molecule has 20 heteroatoms. The second kappa shape index (κ2) is 17.0. The first-order chi connectivity index (χ1) is 25.9. The van der Waals surface area contributed by atoms with Crippen molar-refractivity contribution in [2.45, 2.75) is 80.1 Å². The predicted molar refractivity (Wildman–Crippen MR) is 198 cm³/mol. The summed E-state index contributed by atoms with van der Waals surface area (Å²) >= 11 is 0. The number of carbonyl (C=O) groups excluding carboxylic acids is 2. The van der Waals surface area contributed by atoms with E-state index in [1.807, 2.05) is 0 Å². The number of nitrogen functional groups attached to an aromatic ring is 2. The molecule has 5 heterocycles. The Kier molecular flexibility index (Phi) is 12.2. The number of rotatable bonds is 16. The molecule has 5 rings (SSSR count). The standard InChI is InChI=1S/C34H46N16O4/c1-9-13-15-21-25(41-43-31-27(33(51)53-11-3)39-19(5)47(31)7)29(35)49(45-21)23-17-24(38-18-37-23)50-30(36)26(22(46-50)16-14-10-2)42-44-32-28(34(52)54-12-4)40-20(6)48(32)8/h17-18H,9-16,35-36H2,1-8H3. The molecule has 0 fully saturated rings. The highest BCUT2D eigenvalue weighted by molar-refractivity contribution is 5.92. The lowest BCUT2D eigenvalue weighted by atomic mass is 10.2. The van der Waals surface area contributed by atoms with E-state index < -0.39 is 11.9 Å². The van der Waals surface area contributed by atoms with Crippen molar-refractivity contribution in [1.82, 2.24) is 48.6 Å². The number of azo groups is 2. The van der Waals surface area contributed by atoms with Crippen molar-refractivity contribution in [3.63, 3.8) is 0 Å². The van der Waals surface area contributed by atoms with E-state index in [1.165, 1.54) is 15.7 Å². The van der Waals surface area contributed by atoms with E-state index in [1.54, 1.807) is 57.0 Å². The third kappa shape index (κ3) is 7.86. The summed E-state index contributed by atoms with van der Waals surface area (Å²) < 4.78 is 16.5. The van der Waals surface area contributed by atoms with Gasteiger partial charge in [-0.05, 0) is 53.4 Å². The predicted octanol–water partition coefficient (Wildman–Crippen LogP) is 5.97. The van der Waals surface area contributed by atoms with Crippen LogP contribution in [-0.4, -0.2) is 73.8 Å². The molecule has 0 bridgehead atoms. The molecule has 0 spiro atoms. The van der Waals surface area contributed by atoms with E-state index in [-0.39, 0.29) is 47.9 Å². The molecule has 20 nitrogen and oxygen atoms in total. The first-order valence-corrected chi connectivity index (χ1v) is 17.8. The summed E-state index contributed by atoms with van der Waals surface area (Å²) in [6.45, 7) is 11.4. The summed E-state index contributed by atoms with van der Waals surface area (Å²) in [5, 5.41) is 27.3. The van der Waals surface area contributed by atoms with Crippen LogP contribution in [0.2, 0.25) is 0 Å². The Morgan fingerprint density at radius 2 is 1.09 bits per heavy atom. The Labute approximate surface area is 311 Å². The summed E-state index contributed by atoms with van der Waals surface area (Å²) in [7, 11) is 3.46. The van der Waals surface area contributed by atoms with Crippen molar-refractivity contribution in [2.75, 3.05) is 24.7 Å². The van der Waals surface area contributed by atoms with Gasteiger partial charge in [0.1, 0.15) is 18.0 Å². The van der Waals surface area contributed by atoms with Crippen molar-refractivity contribution >= 4 is 46.6 Å². The maximum Gasteiger partial charge on any atom is 0.360 e. The monoisotopic (exact) mass is 742 g/mol. The second-order valence-corrected chi connectivity index (χ2v) is 12.2. The molecule has 0 aliphatic rings. The molecule has 5 aromatic rings. The molecule has 0 unspecified atom stereocenters. The maximum absolute atomic E-state index is 12.6. The molecule has 4 N–H and O–H groups in total. The molecule has 0 aromatic carbocycles. The van der Waals surface area contributed by atoms with Gasteiger partial charge in [-0.2, -0.15) is 19.6 Å². The summed E-state index contributed by atoms with van der Waals surface area (Å²) in [6.07, 6.45) is 5.90. The number of esters is 2. The molecule has 0 aliphatic heterocycles. The summed E-state index contributed by atoms with van der Waals surface area (Å²) in [5.74, 6) is 1.33. The van der Waals surface area contributed by atoms with Crippen molar-refractivity contribution in [2.24, 2.45) is 34.6 Å². The zero-order valence-electron chi connectivity index (χ0n) is 31.9. The number of anilines is 2. The number of aryl methyl sites for hydroxylation is 4. The van der Waals surface area contributed by atoms with Crippen LogP contribution in [0.25, 0.3) is 11.6 Å². The number of imidazole rings is 2. The molecule has 0 amide bonds. The Hall–Kier alpha value is -6.34. The van der Waals surface area contributed by atoms with E-state index in [9.17, 15) is 9.59 Å². The Morgan fingerprint density at radius 3 is 1.46 bits per heavy atom. The first-order valence-electron chi connectivity index (χ1n) is 17.8. The van der Waals surface area contributed by atoms with E-state index in [0.717, 1.165) is 25.7 Å². The average molecular weight is 743 g/mol. The number of nitrogens with two attached hydrogens (primary N) is 2. The topological polar surface area (TPSA) is 251 Å². The Bertz CT molecular complexity index is 2060. The van der Waals surface area contributed by atoms with Gasteiger partial charge in [-0.15, -0.1) is 20.5 Å². The van der Waals surface area contributed by atoms with Gasteiger partial charge >= 0.3 is 11.9 Å². The molecule has 54 heavy (non-hydrogen) atoms. The molecule has 0 radical (unpaired) electrons. The lowest BCUT2D eigenvalue weighted by molar-refractivity contribution is 0.0511. The molecule has 0 saturated carbocycles. The van der Waals surface area contributed by atoms with Crippen molar-refractivity contribution < 1.29 is 19.1 Å². The minimum Gasteiger partial charge on any atom is -0.461 e. The van der Waals surface area contributed by atoms with Crippen LogP contribution in [0.15, 0.2) is 32.9 Å². The zero-order chi connectivity index (χ0) is 39.1. The third-order valence-corrected chi connectivity index (χ3v) is 8.54. The number of ether oxygens (including phenoxy) is 2. The lowest BCUT2D eigenvalue weighted by Gasteiger charge is -2.06. The minimum absolute atomic E-state index is 0.0472. The van der Waals surface area contributed by atoms with Crippen LogP contribution in [0.4, 0.5) is 34.6 Å². The van der Waals surface area contributed by atoms with Gasteiger partial charge in [0.25, 0.3) is 0 Å². The number of hydrogen-bond donors (Lipinski definition) is 2. The van der Waals surface area contributed by atoms with Crippen LogP contribution >= 0.6 is 0 Å². The van der Waals surface area contributed by atoms with Crippen LogP contribution in [0.3, 0.4) is 0 Å². The second-order valence-electron chi connectivity index (χ2n) is 12.2. The van der Waals surface area contributed by atoms with Gasteiger partial charge in [-0.25, -0.2) is 29.5 Å². The van der Waals surface area contributed by atoms with Crippen molar-refractivity contribution in [3.8, 4) is 11.6 Å². The summed E-state index contributed by atoms with van der Waals surface area (Å²) in [6, 6.07) is 1.63. The van der Waals surface area contributed by atoms with Crippen LogP contribution < -0.4 is 11.5 Å². The SMILES string of the molecule is CCCCc1nn(-c2cc(-n3nc(CCCC)c(N=Nc4c(C(=O)OCC)nc(C)n4C)c3N)ncn2)c(N)c1N=Nc1c(C(=O)OCC)nc(C)n1C. The third-order valence-electron chi connectivity index (χ3n) is 8.54. The Morgan fingerprint density at radius 1 is 0.685 bits per heavy atom. The molecule has 0 atom stereocenters. The molecular formula is C34H46N16O4. The van der Waals surface area contributed by atoms with Gasteiger partial charge in [0, 0.05) is 20.2 Å². The van der Waals surface area contributed by atoms with Crippen LogP contribution in [0.5, 0.6) is 0 Å². The van der Waals surface area contributed by atoms with E-state index in [0.29, 0.717) is 58.9 Å². The normalized spacial score (nSPS) is 11.7. The number of nitrogens with zero attached hydrogens (tertiary/aromatic N) is 14. The van der Waals surface area contributed by atoms with Gasteiger partial charge in [0.15, 0.2) is 57.7 Å². The Balaban J connectivity index is 1.56. The van der Waals surface area contributed by atoms with E-state index >= 15 is 0 Å². The molecule has 5 aromatic heterocycles. The van der Waals surface area contributed by atoms with Crippen molar-refractivity contribution in [3.05, 3.63) is 46.8 Å². The number of unbranched alkanes of at least 4 members (excludes halogenated alkanes) is 2. The average Bonchev–Trinajstić information content (AvgIpc) is 3.84. The van der Waals surface area contributed by atoms with Gasteiger partial charge in [0.2, 0.25) is 0 Å². The smallest absolute Gasteiger partial charge is 0.360 e. The van der Waals surface area contributed by atoms with Crippen LogP contribution in [0.1, 0.15) is 97.4 Å². The number of aromatic nitrogens is 10. The summed E-state index contributed by atoms with van der Waals surface area (Å²) in [4.78, 5) is 42.8. The van der Waals surface area contributed by atoms with Crippen LogP contribution in [-0.2, 0) is 36.4 Å². The molecular weight excluding hydrogens is 696 g/mol. The quantitative estimate of drug-likeness (QED) is 0.0877. The first kappa shape index (κ1) is 38.9. The minimum atomic E-state index is -0.604. The highest BCUT2D eigenvalue weighted by Gasteiger charge is 2.25. The largest absolute Gasteiger partial charge is 0.461 e. The van der Waals surface area contributed by atoms with Gasteiger partial charge in [-0.3, -0.25) is 0 Å². The molecule has 0 aliphatic carbocycles. The molecule has 0 saturated heterocycles. The zero-order valence-corrected chi connectivity index (χ0v) is 31.9. The van der Waals surface area contributed by atoms with E-state index in [2.05, 4.69) is 54.2 Å². The van der Waals surface area contributed by atoms with Crippen LogP contribution in [0, 0.1) is 13.8 Å². The fraction of sp³-hybridized carbons (Fsp3) is 0.471. The summed E-state index contributed by atoms with van der Waals surface area (Å²) in [5.41, 5.74) is 15.3. The fourth-order valence-electron chi connectivity index (χ4n) is 5.40. The van der Waals surface area contributed by atoms with Gasteiger partial charge in [0.05, 0.1) is 24.6 Å². The maximum atomic E-state index is 12.6. The lowest BCUT2D eigenvalue weighted by Crippen LogP contribution is -2.09. The highest BCUT2D eigenvalue weighted by atomic mass is 16.5. The number of carbonyl (C=O) groups is 2.